The average Bonchev–Trinajstić information content (AvgIpc) is 0.664. The highest BCUT2D eigenvalue weighted by molar-refractivity contribution is 8.04. The Labute approximate surface area is 699 Å². The van der Waals surface area contributed by atoms with Gasteiger partial charge in [0.05, 0.1) is 10.6 Å². The van der Waals surface area contributed by atoms with Crippen LogP contribution in [0.5, 0.6) is 0 Å². The van der Waals surface area contributed by atoms with Gasteiger partial charge in [-0.05, 0) is 171 Å². The van der Waals surface area contributed by atoms with Crippen LogP contribution in [0.4, 0.5) is 87.8 Å². The number of hydrogen-bond donors (Lipinski definition) is 0. The highest BCUT2D eigenvalue weighted by atomic mass is 31.2. The van der Waals surface area contributed by atoms with Crippen LogP contribution in [0.2, 0.25) is 0 Å². The van der Waals surface area contributed by atoms with Gasteiger partial charge < -0.3 is 0 Å². The molecule has 0 bridgehead atoms. The Bertz CT molecular complexity index is 6750. The third-order valence-electron chi connectivity index (χ3n) is 25.4. The fourth-order valence-corrected chi connectivity index (χ4v) is 33.0. The second kappa shape index (κ2) is 30.0. The minimum absolute atomic E-state index is 0.114. The first-order valence-electron chi connectivity index (χ1n) is 39.5. The van der Waals surface area contributed by atoms with Gasteiger partial charge in [0.2, 0.25) is 0 Å². The van der Waals surface area contributed by atoms with Crippen molar-refractivity contribution in [2.24, 2.45) is 0 Å². The first kappa shape index (κ1) is 84.4. The molecule has 0 nitrogen and oxygen atoms in total. The van der Waals surface area contributed by atoms with Gasteiger partial charge in [0.1, 0.15) is 105 Å². The molecule has 2 aliphatic heterocycles. The summed E-state index contributed by atoms with van der Waals surface area (Å²) >= 11 is 0. The van der Waals surface area contributed by atoms with Crippen molar-refractivity contribution < 1.29 is 87.8 Å². The molecule has 18 rings (SSSR count). The van der Waals surface area contributed by atoms with Crippen molar-refractivity contribution in [1.29, 1.82) is 0 Å². The van der Waals surface area contributed by atoms with Gasteiger partial charge in [-0.15, -0.1) is 21.9 Å². The predicted octanol–water partition coefficient (Wildman–Crippen LogP) is 20.3. The summed E-state index contributed by atoms with van der Waals surface area (Å²) in [5, 5.41) is 7.62. The lowest BCUT2D eigenvalue weighted by Gasteiger charge is -2.46. The lowest BCUT2D eigenvalue weighted by molar-refractivity contribution is 0.382. The zero-order valence-electron chi connectivity index (χ0n) is 68.1. The van der Waals surface area contributed by atoms with Gasteiger partial charge in [0.15, 0.2) is 69.8 Å². The number of halogens is 20. The molecule has 0 fully saturated rings. The van der Waals surface area contributed by atoms with E-state index in [0.29, 0.717) is 74.3 Å². The van der Waals surface area contributed by atoms with Crippen LogP contribution < -0.4 is 64.6 Å². The minimum atomic E-state index is -4.62. The van der Waals surface area contributed by atoms with Crippen molar-refractivity contribution >= 4 is 102 Å². The Morgan fingerprint density at radius 1 is 0.202 bits per heavy atom. The minimum Gasteiger partial charge on any atom is -0.207 e. The summed E-state index contributed by atoms with van der Waals surface area (Å²) in [7, 11) is -7.57. The highest BCUT2D eigenvalue weighted by Crippen LogP contribution is 2.71. The Morgan fingerprint density at radius 3 is 0.613 bits per heavy atom. The summed E-state index contributed by atoms with van der Waals surface area (Å²) in [6.45, 7) is 22.7. The van der Waals surface area contributed by atoms with Crippen molar-refractivity contribution in [2.75, 3.05) is 0 Å². The maximum absolute atomic E-state index is 17.2. The van der Waals surface area contributed by atoms with E-state index >= 15 is 87.8 Å². The predicted molar refractivity (Wildman–Crippen MR) is 454 cm³/mol. The Morgan fingerprint density at radius 2 is 0.395 bits per heavy atom. The van der Waals surface area contributed by atoms with Crippen LogP contribution in [0, 0.1) is 241 Å². The van der Waals surface area contributed by atoms with Crippen molar-refractivity contribution in [3.05, 3.63) is 430 Å². The lowest BCUT2D eigenvalue weighted by Crippen LogP contribution is -2.71. The summed E-state index contributed by atoms with van der Waals surface area (Å²) < 4.78 is 325. The summed E-state index contributed by atoms with van der Waals surface area (Å²) in [6.07, 6.45) is -9.24. The van der Waals surface area contributed by atoms with Gasteiger partial charge >= 0.3 is 0 Å². The second-order valence-corrected chi connectivity index (χ2v) is 39.3. The van der Waals surface area contributed by atoms with E-state index < -0.39 is 176 Å². The van der Waals surface area contributed by atoms with Crippen LogP contribution in [0.1, 0.15) is 77.9 Å². The molecule has 0 saturated carbocycles. The maximum Gasteiger partial charge on any atom is 0.200 e. The van der Waals surface area contributed by atoms with Crippen molar-refractivity contribution in [2.45, 2.75) is 83.1 Å². The van der Waals surface area contributed by atoms with Crippen LogP contribution >= 0.6 is 14.5 Å². The molecule has 24 heteroatoms. The van der Waals surface area contributed by atoms with Gasteiger partial charge in [0, 0.05) is 21.6 Å². The van der Waals surface area contributed by atoms with Crippen LogP contribution in [0.3, 0.4) is 0 Å². The molecule has 0 unspecified atom stereocenters. The van der Waals surface area contributed by atoms with E-state index in [1.165, 1.54) is 24.3 Å². The van der Waals surface area contributed by atoms with Crippen molar-refractivity contribution in [1.82, 2.24) is 0 Å². The molecule has 2 heterocycles. The van der Waals surface area contributed by atoms with E-state index in [0.717, 1.165) is 78.7 Å². The third kappa shape index (κ3) is 11.5. The summed E-state index contributed by atoms with van der Waals surface area (Å²) in [4.78, 5) is 0. The molecule has 0 atom stereocenters. The summed E-state index contributed by atoms with van der Waals surface area (Å²) in [6, 6.07) is 51.6. The number of hydrogen-bond acceptors (Lipinski definition) is 0. The van der Waals surface area contributed by atoms with Gasteiger partial charge in [-0.3, -0.25) is 0 Å². The first-order valence-corrected chi connectivity index (χ1v) is 43.0. The van der Waals surface area contributed by atoms with Gasteiger partial charge in [-0.1, -0.05) is 192 Å². The Balaban J connectivity index is 0.000000176. The molecule has 0 N–H and O–H groups in total. The van der Waals surface area contributed by atoms with Crippen molar-refractivity contribution in [3.63, 3.8) is 0 Å². The molecule has 624 valence electrons. The smallest absolute Gasteiger partial charge is 0.200 e. The molecule has 2 aliphatic carbocycles. The van der Waals surface area contributed by atoms with Gasteiger partial charge in [-0.2, -0.15) is 22.9 Å². The second-order valence-electron chi connectivity index (χ2n) is 32.9. The van der Waals surface area contributed by atoms with Crippen LogP contribution in [0.25, 0.3) is 10.6 Å². The van der Waals surface area contributed by atoms with E-state index in [4.69, 9.17) is 0 Å². The zero-order chi connectivity index (χ0) is 89.0. The largest absolute Gasteiger partial charge is 0.207 e. The van der Waals surface area contributed by atoms with Crippen LogP contribution in [-0.4, -0.2) is 12.3 Å². The summed E-state index contributed by atoms with van der Waals surface area (Å²) in [5.74, 6) is -47.8. The Kier molecular flexibility index (Phi) is 20.4. The number of benzene rings is 14. The van der Waals surface area contributed by atoms with Gasteiger partial charge in [-0.25, -0.2) is 87.8 Å². The quantitative estimate of drug-likeness (QED) is 0.0421. The van der Waals surface area contributed by atoms with Crippen molar-refractivity contribution in [3.8, 4) is 0 Å². The molecule has 14 aromatic carbocycles. The summed E-state index contributed by atoms with van der Waals surface area (Å²) in [5.41, 5.74) is 2.23. The lowest BCUT2D eigenvalue weighted by atomic mass is 9.15. The molecule has 14 aromatic rings. The third-order valence-corrected chi connectivity index (χ3v) is 35.4. The maximum atomic E-state index is 17.2. The Hall–Kier alpha value is -11.9. The molecular weight excluding hydrogens is 1660 g/mol. The number of rotatable bonds is 10. The normalized spacial score (nSPS) is 15.3. The molecule has 124 heavy (non-hydrogen) atoms. The molecule has 4 aliphatic rings. The van der Waals surface area contributed by atoms with Gasteiger partial charge in [0.25, 0.3) is 0 Å². The SMILES string of the molecule is Cc1cc(C)c([P+]2(c3c(C)cc(C)cc3C)/C(c3ccccc3)=C/[B-](c3c(F)c(F)c(F)c(F)c3F)(c3c(F)c(F)c(F)c(F)c3F)c3cccc4c3=c3c2cccc3=4)c(C)c1.Cc1cc(C)c([P+]2(c3c(C)cc(C)cc3C)/C(c3ccccc3)=C/[B-](c3c(F)c(F)c(F)c(F)c3F)(c3c(F)c(F)c(F)c(F)c3F)c3cccc4c3=c3c2cccc3=4)c(C)c1. The zero-order valence-corrected chi connectivity index (χ0v) is 69.9. The average molecular weight is 1730 g/mol. The fourth-order valence-electron chi connectivity index (χ4n) is 21.7. The number of aryl methyl sites for hydroxylation is 12. The molecule has 0 spiro atoms. The van der Waals surface area contributed by atoms with Crippen LogP contribution in [-0.2, 0) is 0 Å². The standard InChI is InChI=1S/2C50H34BF10P/c2*1-23-18-25(3)49(26(4)19-23)62(50-27(5)20-24(2)21-28(50)6)33-17-11-15-31-30-14-10-16-32(35(30)36(31)33)51(22-34(62)29-12-8-7-9-13-29,37-39(52)43(56)47(60)44(57)40(37)53)38-41(54)45(58)48(61)46(59)42(38)55/h2*7-22H,1-6H3/b2*34-22+. The molecule has 0 amide bonds. The van der Waals surface area contributed by atoms with E-state index in [1.807, 2.05) is 156 Å². The van der Waals surface area contributed by atoms with E-state index in [2.05, 4.69) is 0 Å². The van der Waals surface area contributed by atoms with E-state index in [-0.39, 0.29) is 21.1 Å². The van der Waals surface area contributed by atoms with Crippen LogP contribution in [0.15, 0.2) is 194 Å². The monoisotopic (exact) mass is 1730 g/mol. The highest BCUT2D eigenvalue weighted by Gasteiger charge is 2.60. The fraction of sp³-hybridized carbons (Fsp3) is 0.120. The first-order chi connectivity index (χ1) is 58.8. The molecule has 0 radical (unpaired) electrons. The topological polar surface area (TPSA) is 0 Å². The molecular formula is C100H68B2F20P2. The molecule has 0 saturated heterocycles. The van der Waals surface area contributed by atoms with E-state index in [9.17, 15) is 0 Å². The molecule has 0 aromatic heterocycles. The van der Waals surface area contributed by atoms with E-state index in [1.54, 1.807) is 84.9 Å².